The van der Waals surface area contributed by atoms with Crippen LogP contribution in [-0.4, -0.2) is 20.2 Å². The molecule has 0 spiro atoms. The van der Waals surface area contributed by atoms with Gasteiger partial charge in [0.2, 0.25) is 0 Å². The molecule has 0 radical (unpaired) electrons. The molecule has 0 aliphatic carbocycles. The summed E-state index contributed by atoms with van der Waals surface area (Å²) in [7, 11) is 3.53. The number of anilines is 1. The standard InChI is InChI=1S/C27H34F2N2O/c1-7-15(2)27(20-12-23(29)22(28)10-17(20)4)24(30)13-19-16(3)8-9-18-11-25(31-5)26(32-6)14-21(18)19/h8-12,14-15,24,27,31H,7,13,30H2,1-6H3/t15?,24-,27?/m0/s1. The average Bonchev–Trinajstić information content (AvgIpc) is 2.78. The SMILES string of the molecule is CCC(C)C(c1cc(F)c(F)cc1C)[C@@H](N)Cc1c(C)ccc2cc(NC)c(OC)cc12. The minimum atomic E-state index is -0.822. The van der Waals surface area contributed by atoms with Crippen LogP contribution >= 0.6 is 0 Å². The molecule has 0 aliphatic heterocycles. The maximum Gasteiger partial charge on any atom is 0.159 e. The molecule has 0 fully saturated rings. The van der Waals surface area contributed by atoms with Crippen molar-refractivity contribution in [1.29, 1.82) is 0 Å². The number of methoxy groups -OCH3 is 1. The first-order chi connectivity index (χ1) is 15.2. The minimum Gasteiger partial charge on any atom is -0.495 e. The number of nitrogens with two attached hydrogens (primary N) is 1. The Morgan fingerprint density at radius 1 is 1.03 bits per heavy atom. The van der Waals surface area contributed by atoms with Crippen LogP contribution < -0.4 is 15.8 Å². The fraction of sp³-hybridized carbons (Fsp3) is 0.407. The molecule has 3 aromatic carbocycles. The zero-order valence-corrected chi connectivity index (χ0v) is 19.9. The molecule has 3 aromatic rings. The Morgan fingerprint density at radius 2 is 1.72 bits per heavy atom. The van der Waals surface area contributed by atoms with Crippen molar-refractivity contribution in [2.45, 2.75) is 52.5 Å². The lowest BCUT2D eigenvalue weighted by Gasteiger charge is -2.31. The van der Waals surface area contributed by atoms with E-state index in [1.165, 1.54) is 12.1 Å². The van der Waals surface area contributed by atoms with E-state index < -0.39 is 11.6 Å². The van der Waals surface area contributed by atoms with Crippen molar-refractivity contribution in [2.75, 3.05) is 19.5 Å². The molecule has 5 heteroatoms. The van der Waals surface area contributed by atoms with E-state index in [0.29, 0.717) is 6.42 Å². The number of ether oxygens (including phenoxy) is 1. The average molecular weight is 441 g/mol. The summed E-state index contributed by atoms with van der Waals surface area (Å²) >= 11 is 0. The number of aryl methyl sites for hydroxylation is 2. The van der Waals surface area contributed by atoms with Gasteiger partial charge in [0, 0.05) is 19.0 Å². The lowest BCUT2D eigenvalue weighted by molar-refractivity contribution is 0.376. The van der Waals surface area contributed by atoms with Gasteiger partial charge in [-0.1, -0.05) is 32.4 Å². The van der Waals surface area contributed by atoms with E-state index in [4.69, 9.17) is 10.5 Å². The first-order valence-electron chi connectivity index (χ1n) is 11.2. The van der Waals surface area contributed by atoms with Crippen LogP contribution in [0.2, 0.25) is 0 Å². The van der Waals surface area contributed by atoms with Crippen LogP contribution in [-0.2, 0) is 6.42 Å². The van der Waals surface area contributed by atoms with E-state index in [-0.39, 0.29) is 17.9 Å². The molecular formula is C27H34F2N2O. The largest absolute Gasteiger partial charge is 0.495 e. The maximum absolute atomic E-state index is 14.2. The molecule has 0 aromatic heterocycles. The molecule has 3 rings (SSSR count). The summed E-state index contributed by atoms with van der Waals surface area (Å²) in [6.45, 7) is 8.14. The summed E-state index contributed by atoms with van der Waals surface area (Å²) in [4.78, 5) is 0. The molecule has 172 valence electrons. The summed E-state index contributed by atoms with van der Waals surface area (Å²) in [5, 5.41) is 5.38. The predicted molar refractivity (Wildman–Crippen MR) is 130 cm³/mol. The lowest BCUT2D eigenvalue weighted by atomic mass is 9.76. The van der Waals surface area contributed by atoms with Crippen molar-refractivity contribution in [2.24, 2.45) is 11.7 Å². The van der Waals surface area contributed by atoms with Gasteiger partial charge in [0.05, 0.1) is 12.8 Å². The second-order valence-corrected chi connectivity index (χ2v) is 8.79. The zero-order chi connectivity index (χ0) is 23.6. The molecule has 3 N–H and O–H groups in total. The molecule has 3 nitrogen and oxygen atoms in total. The van der Waals surface area contributed by atoms with Crippen LogP contribution in [0.5, 0.6) is 5.75 Å². The number of nitrogens with one attached hydrogen (secondary N) is 1. The molecule has 3 atom stereocenters. The molecule has 32 heavy (non-hydrogen) atoms. The Bertz CT molecular complexity index is 1110. The van der Waals surface area contributed by atoms with Crippen molar-refractivity contribution in [1.82, 2.24) is 0 Å². The van der Waals surface area contributed by atoms with Gasteiger partial charge in [-0.15, -0.1) is 0 Å². The third-order valence-electron chi connectivity index (χ3n) is 6.78. The second-order valence-electron chi connectivity index (χ2n) is 8.79. The van der Waals surface area contributed by atoms with Crippen LogP contribution in [0.1, 0.15) is 48.4 Å². The minimum absolute atomic E-state index is 0.0942. The van der Waals surface area contributed by atoms with Crippen LogP contribution in [0.15, 0.2) is 36.4 Å². The molecule has 2 unspecified atom stereocenters. The van der Waals surface area contributed by atoms with E-state index in [9.17, 15) is 8.78 Å². The third-order valence-corrected chi connectivity index (χ3v) is 6.78. The van der Waals surface area contributed by atoms with Gasteiger partial charge in [-0.2, -0.15) is 0 Å². The van der Waals surface area contributed by atoms with E-state index in [1.54, 1.807) is 7.11 Å². The Hall–Kier alpha value is -2.66. The fourth-order valence-electron chi connectivity index (χ4n) is 4.76. The van der Waals surface area contributed by atoms with Crippen molar-refractivity contribution in [3.63, 3.8) is 0 Å². The van der Waals surface area contributed by atoms with Gasteiger partial charge in [-0.3, -0.25) is 0 Å². The molecule has 0 heterocycles. The first kappa shape index (κ1) is 24.0. The summed E-state index contributed by atoms with van der Waals surface area (Å²) in [6.07, 6.45) is 1.52. The smallest absolute Gasteiger partial charge is 0.159 e. The maximum atomic E-state index is 14.2. The predicted octanol–water partition coefficient (Wildman–Crippen LogP) is 6.48. The second kappa shape index (κ2) is 9.86. The number of hydrogen-bond acceptors (Lipinski definition) is 3. The number of benzene rings is 3. The Balaban J connectivity index is 2.09. The monoisotopic (exact) mass is 440 g/mol. The molecule has 0 saturated heterocycles. The number of hydrogen-bond donors (Lipinski definition) is 2. The number of halogens is 2. The van der Waals surface area contributed by atoms with Gasteiger partial charge in [-0.05, 0) is 83.5 Å². The fourth-order valence-corrected chi connectivity index (χ4v) is 4.76. The number of rotatable bonds is 8. The third kappa shape index (κ3) is 4.58. The Morgan fingerprint density at radius 3 is 2.34 bits per heavy atom. The van der Waals surface area contributed by atoms with Gasteiger partial charge >= 0.3 is 0 Å². The summed E-state index contributed by atoms with van der Waals surface area (Å²) in [6, 6.07) is 10.7. The first-order valence-corrected chi connectivity index (χ1v) is 11.2. The molecule has 0 bridgehead atoms. The highest BCUT2D eigenvalue weighted by Gasteiger charge is 2.28. The van der Waals surface area contributed by atoms with Crippen LogP contribution in [0.25, 0.3) is 10.8 Å². The van der Waals surface area contributed by atoms with Crippen molar-refractivity contribution in [3.05, 3.63) is 70.3 Å². The highest BCUT2D eigenvalue weighted by Crippen LogP contribution is 2.37. The molecule has 0 saturated carbocycles. The summed E-state index contributed by atoms with van der Waals surface area (Å²) in [5.41, 5.74) is 11.6. The summed E-state index contributed by atoms with van der Waals surface area (Å²) < 4.78 is 33.5. The van der Waals surface area contributed by atoms with E-state index in [2.05, 4.69) is 50.4 Å². The lowest BCUT2D eigenvalue weighted by Crippen LogP contribution is -2.35. The highest BCUT2D eigenvalue weighted by molar-refractivity contribution is 5.92. The highest BCUT2D eigenvalue weighted by atomic mass is 19.2. The molecular weight excluding hydrogens is 406 g/mol. The van der Waals surface area contributed by atoms with Gasteiger partial charge in [0.1, 0.15) is 5.75 Å². The van der Waals surface area contributed by atoms with E-state index in [1.807, 2.05) is 14.0 Å². The van der Waals surface area contributed by atoms with Crippen LogP contribution in [0.3, 0.4) is 0 Å². The van der Waals surface area contributed by atoms with Gasteiger partial charge in [-0.25, -0.2) is 8.78 Å². The van der Waals surface area contributed by atoms with Crippen LogP contribution in [0.4, 0.5) is 14.5 Å². The van der Waals surface area contributed by atoms with Crippen molar-refractivity contribution >= 4 is 16.5 Å². The molecule has 0 amide bonds. The number of fused-ring (bicyclic) bond motifs is 1. The Kier molecular flexibility index (Phi) is 7.40. The van der Waals surface area contributed by atoms with Gasteiger partial charge < -0.3 is 15.8 Å². The van der Waals surface area contributed by atoms with Crippen molar-refractivity contribution < 1.29 is 13.5 Å². The topological polar surface area (TPSA) is 47.3 Å². The van der Waals surface area contributed by atoms with Gasteiger partial charge in [0.25, 0.3) is 0 Å². The molecule has 0 aliphatic rings. The zero-order valence-electron chi connectivity index (χ0n) is 19.9. The van der Waals surface area contributed by atoms with E-state index >= 15 is 0 Å². The van der Waals surface area contributed by atoms with Gasteiger partial charge in [0.15, 0.2) is 11.6 Å². The summed E-state index contributed by atoms with van der Waals surface area (Å²) in [5.74, 6) is -0.746. The quantitative estimate of drug-likeness (QED) is 0.421. The van der Waals surface area contributed by atoms with Crippen molar-refractivity contribution in [3.8, 4) is 5.75 Å². The Labute approximate surface area is 190 Å². The normalized spacial score (nSPS) is 14.3. The van der Waals surface area contributed by atoms with E-state index in [0.717, 1.165) is 50.9 Å². The van der Waals surface area contributed by atoms with Crippen LogP contribution in [0, 0.1) is 31.4 Å².